The van der Waals surface area contributed by atoms with E-state index in [1.165, 1.54) is 24.3 Å². The fraction of sp³-hybridized carbons (Fsp3) is 0.294. The van der Waals surface area contributed by atoms with E-state index in [4.69, 9.17) is 5.73 Å². The summed E-state index contributed by atoms with van der Waals surface area (Å²) in [5, 5.41) is 0. The second-order valence-corrected chi connectivity index (χ2v) is 6.16. The number of nitrogens with two attached hydrogens (primary N) is 1. The third-order valence-electron chi connectivity index (χ3n) is 4.52. The first-order chi connectivity index (χ1) is 11.5. The van der Waals surface area contributed by atoms with Gasteiger partial charge in [0.1, 0.15) is 17.2 Å². The van der Waals surface area contributed by atoms with E-state index in [-0.39, 0.29) is 23.1 Å². The van der Waals surface area contributed by atoms with Crippen molar-refractivity contribution in [2.45, 2.75) is 18.9 Å². The molecule has 0 bridgehead atoms. The summed E-state index contributed by atoms with van der Waals surface area (Å²) in [4.78, 5) is 30.5. The number of aromatic nitrogens is 1. The van der Waals surface area contributed by atoms with Crippen LogP contribution < -0.4 is 15.5 Å². The lowest BCUT2D eigenvalue weighted by molar-refractivity contribution is 0.0982. The predicted octanol–water partition coefficient (Wildman–Crippen LogP) is 1.88. The standard InChI is InChI=1S/C17H17FN4O2/c18-10-1-6-14-15(9-10)22(8-7-21(14)11-2-3-11)17(24)13-5-4-12(20-13)16(19)23/h1,4-6,9,11,20H,2-3,7-8H2,(H2,19,23). The summed E-state index contributed by atoms with van der Waals surface area (Å²) in [5.41, 5.74) is 7.09. The number of benzene rings is 1. The molecule has 24 heavy (non-hydrogen) atoms. The molecule has 2 aliphatic rings. The van der Waals surface area contributed by atoms with Crippen molar-refractivity contribution in [3.05, 3.63) is 47.5 Å². The van der Waals surface area contributed by atoms with E-state index >= 15 is 0 Å². The molecule has 1 aromatic heterocycles. The van der Waals surface area contributed by atoms with Crippen LogP contribution in [-0.4, -0.2) is 35.9 Å². The van der Waals surface area contributed by atoms with E-state index in [9.17, 15) is 14.0 Å². The van der Waals surface area contributed by atoms with Crippen molar-refractivity contribution in [1.82, 2.24) is 4.98 Å². The molecule has 0 atom stereocenters. The van der Waals surface area contributed by atoms with E-state index in [0.717, 1.165) is 18.5 Å². The summed E-state index contributed by atoms with van der Waals surface area (Å²) in [6, 6.07) is 8.02. The molecule has 0 radical (unpaired) electrons. The maximum absolute atomic E-state index is 13.8. The van der Waals surface area contributed by atoms with Crippen LogP contribution in [0.1, 0.15) is 33.8 Å². The normalized spacial score (nSPS) is 16.9. The van der Waals surface area contributed by atoms with Gasteiger partial charge in [0, 0.05) is 19.1 Å². The Morgan fingerprint density at radius 1 is 1.08 bits per heavy atom. The van der Waals surface area contributed by atoms with Gasteiger partial charge in [0.25, 0.3) is 11.8 Å². The van der Waals surface area contributed by atoms with Crippen molar-refractivity contribution in [3.63, 3.8) is 0 Å². The molecule has 1 aliphatic carbocycles. The molecular formula is C17H17FN4O2. The summed E-state index contributed by atoms with van der Waals surface area (Å²) in [6.07, 6.45) is 2.26. The van der Waals surface area contributed by atoms with Crippen LogP contribution in [0.4, 0.5) is 15.8 Å². The summed E-state index contributed by atoms with van der Waals surface area (Å²) < 4.78 is 13.8. The van der Waals surface area contributed by atoms with Gasteiger partial charge >= 0.3 is 0 Å². The van der Waals surface area contributed by atoms with Crippen LogP contribution in [0.25, 0.3) is 0 Å². The summed E-state index contributed by atoms with van der Waals surface area (Å²) >= 11 is 0. The van der Waals surface area contributed by atoms with Gasteiger partial charge in [0.2, 0.25) is 0 Å². The third-order valence-corrected chi connectivity index (χ3v) is 4.52. The number of carbonyl (C=O) groups excluding carboxylic acids is 2. The van der Waals surface area contributed by atoms with Crippen LogP contribution >= 0.6 is 0 Å². The first-order valence-corrected chi connectivity index (χ1v) is 7.91. The second kappa shape index (κ2) is 5.36. The molecule has 124 valence electrons. The van der Waals surface area contributed by atoms with E-state index in [2.05, 4.69) is 9.88 Å². The van der Waals surface area contributed by atoms with Crippen molar-refractivity contribution in [2.75, 3.05) is 22.9 Å². The molecule has 1 aliphatic heterocycles. The number of rotatable bonds is 3. The number of aromatic amines is 1. The number of primary amides is 1. The molecule has 0 spiro atoms. The maximum Gasteiger partial charge on any atom is 0.274 e. The van der Waals surface area contributed by atoms with Gasteiger partial charge in [0.05, 0.1) is 11.4 Å². The largest absolute Gasteiger partial charge is 0.365 e. The molecule has 2 amide bonds. The van der Waals surface area contributed by atoms with Crippen LogP contribution in [-0.2, 0) is 0 Å². The average Bonchev–Trinajstić information content (AvgIpc) is 3.28. The molecular weight excluding hydrogens is 311 g/mol. The summed E-state index contributed by atoms with van der Waals surface area (Å²) in [7, 11) is 0. The topological polar surface area (TPSA) is 82.4 Å². The molecule has 7 heteroatoms. The maximum atomic E-state index is 13.8. The van der Waals surface area contributed by atoms with Gasteiger partial charge in [0.15, 0.2) is 0 Å². The number of nitrogens with one attached hydrogen (secondary N) is 1. The SMILES string of the molecule is NC(=O)c1ccc(C(=O)N2CCN(C3CC3)c3ccc(F)cc32)[nH]1. The Balaban J connectivity index is 1.70. The Morgan fingerprint density at radius 3 is 2.50 bits per heavy atom. The van der Waals surface area contributed by atoms with Gasteiger partial charge in [-0.2, -0.15) is 0 Å². The second-order valence-electron chi connectivity index (χ2n) is 6.16. The molecule has 0 saturated heterocycles. The molecule has 0 unspecified atom stereocenters. The Kier molecular flexibility index (Phi) is 3.30. The minimum absolute atomic E-state index is 0.175. The third kappa shape index (κ3) is 2.42. The van der Waals surface area contributed by atoms with Crippen LogP contribution in [0.15, 0.2) is 30.3 Å². The van der Waals surface area contributed by atoms with Crippen LogP contribution in [0.2, 0.25) is 0 Å². The zero-order valence-corrected chi connectivity index (χ0v) is 13.0. The van der Waals surface area contributed by atoms with E-state index < -0.39 is 5.91 Å². The number of nitrogens with zero attached hydrogens (tertiary/aromatic N) is 2. The van der Waals surface area contributed by atoms with E-state index in [0.29, 0.717) is 24.8 Å². The Labute approximate surface area is 138 Å². The number of fused-ring (bicyclic) bond motifs is 1. The molecule has 3 N–H and O–H groups in total. The lowest BCUT2D eigenvalue weighted by Crippen LogP contribution is -2.45. The highest BCUT2D eigenvalue weighted by Gasteiger charge is 2.36. The fourth-order valence-corrected chi connectivity index (χ4v) is 3.19. The lowest BCUT2D eigenvalue weighted by Gasteiger charge is -2.37. The van der Waals surface area contributed by atoms with Gasteiger partial charge in [-0.05, 0) is 43.2 Å². The monoisotopic (exact) mass is 328 g/mol. The number of hydrogen-bond donors (Lipinski definition) is 2. The minimum atomic E-state index is -0.626. The Morgan fingerprint density at radius 2 is 1.83 bits per heavy atom. The number of H-pyrrole nitrogens is 1. The number of hydrogen-bond acceptors (Lipinski definition) is 3. The fourth-order valence-electron chi connectivity index (χ4n) is 3.19. The molecule has 2 heterocycles. The first kappa shape index (κ1) is 14.7. The Hall–Kier alpha value is -2.83. The van der Waals surface area contributed by atoms with Crippen molar-refractivity contribution in [1.29, 1.82) is 0 Å². The number of carbonyl (C=O) groups is 2. The molecule has 4 rings (SSSR count). The number of anilines is 2. The molecule has 1 saturated carbocycles. The van der Waals surface area contributed by atoms with E-state index in [1.54, 1.807) is 11.0 Å². The van der Waals surface area contributed by atoms with Crippen LogP contribution in [0, 0.1) is 5.82 Å². The van der Waals surface area contributed by atoms with Crippen molar-refractivity contribution < 1.29 is 14.0 Å². The minimum Gasteiger partial charge on any atom is -0.365 e. The molecule has 1 aromatic carbocycles. The van der Waals surface area contributed by atoms with Crippen molar-refractivity contribution in [3.8, 4) is 0 Å². The first-order valence-electron chi connectivity index (χ1n) is 7.91. The lowest BCUT2D eigenvalue weighted by atomic mass is 10.1. The summed E-state index contributed by atoms with van der Waals surface area (Å²) in [6.45, 7) is 1.18. The van der Waals surface area contributed by atoms with Crippen LogP contribution in [0.3, 0.4) is 0 Å². The quantitative estimate of drug-likeness (QED) is 0.902. The average molecular weight is 328 g/mol. The zero-order valence-electron chi connectivity index (χ0n) is 13.0. The van der Waals surface area contributed by atoms with E-state index in [1.807, 2.05) is 0 Å². The van der Waals surface area contributed by atoms with Crippen LogP contribution in [0.5, 0.6) is 0 Å². The van der Waals surface area contributed by atoms with Crippen molar-refractivity contribution in [2.24, 2.45) is 5.73 Å². The van der Waals surface area contributed by atoms with Gasteiger partial charge in [-0.15, -0.1) is 0 Å². The summed E-state index contributed by atoms with van der Waals surface area (Å²) in [5.74, 6) is -1.31. The smallest absolute Gasteiger partial charge is 0.274 e. The predicted molar refractivity (Wildman–Crippen MR) is 87.8 cm³/mol. The highest BCUT2D eigenvalue weighted by atomic mass is 19.1. The zero-order chi connectivity index (χ0) is 16.8. The van der Waals surface area contributed by atoms with Crippen molar-refractivity contribution >= 4 is 23.2 Å². The van der Waals surface area contributed by atoms with Gasteiger partial charge in [-0.25, -0.2) is 4.39 Å². The molecule has 1 fully saturated rings. The Bertz CT molecular complexity index is 828. The highest BCUT2D eigenvalue weighted by Crippen LogP contribution is 2.40. The van der Waals surface area contributed by atoms with Gasteiger partial charge in [-0.1, -0.05) is 0 Å². The molecule has 2 aromatic rings. The molecule has 6 nitrogen and oxygen atoms in total. The van der Waals surface area contributed by atoms with Gasteiger partial charge < -0.3 is 20.5 Å². The highest BCUT2D eigenvalue weighted by molar-refractivity contribution is 6.08. The number of halogens is 1. The van der Waals surface area contributed by atoms with Gasteiger partial charge in [-0.3, -0.25) is 9.59 Å². The number of amides is 2.